The normalized spacial score (nSPS) is 17.3. The number of benzene rings is 1. The van der Waals surface area contributed by atoms with Gasteiger partial charge in [-0.3, -0.25) is 9.59 Å². The molecule has 0 spiro atoms. The third-order valence-electron chi connectivity index (χ3n) is 3.70. The molecule has 5 nitrogen and oxygen atoms in total. The van der Waals surface area contributed by atoms with E-state index in [2.05, 4.69) is 10.6 Å². The Kier molecular flexibility index (Phi) is 7.35. The van der Waals surface area contributed by atoms with Gasteiger partial charge in [0.25, 0.3) is 5.91 Å². The summed E-state index contributed by atoms with van der Waals surface area (Å²) in [6, 6.07) is 7.29. The second-order valence-corrected chi connectivity index (χ2v) is 5.62. The van der Waals surface area contributed by atoms with E-state index in [0.29, 0.717) is 12.1 Å². The van der Waals surface area contributed by atoms with Crippen LogP contribution in [0, 0.1) is 0 Å². The van der Waals surface area contributed by atoms with Crippen molar-refractivity contribution in [2.75, 3.05) is 20.6 Å². The fraction of sp³-hybridized carbons (Fsp3) is 0.500. The first kappa shape index (κ1) is 18.5. The van der Waals surface area contributed by atoms with Crippen LogP contribution in [0.5, 0.6) is 0 Å². The number of halogens is 1. The van der Waals surface area contributed by atoms with Crippen LogP contribution in [0.1, 0.15) is 35.2 Å². The third kappa shape index (κ3) is 5.00. The maximum Gasteiger partial charge on any atom is 0.253 e. The van der Waals surface area contributed by atoms with Crippen molar-refractivity contribution < 1.29 is 9.59 Å². The largest absolute Gasteiger partial charge is 0.351 e. The van der Waals surface area contributed by atoms with Crippen molar-refractivity contribution >= 4 is 24.2 Å². The molecule has 1 aliphatic rings. The summed E-state index contributed by atoms with van der Waals surface area (Å²) in [6.07, 6.45) is 3.15. The molecule has 2 N–H and O–H groups in total. The molecule has 1 unspecified atom stereocenters. The standard InChI is InChI=1S/C16H23N3O2.ClH/c1-19(2)16(21)13-8-6-12(7-9-13)11-18-15(20)14-5-3-4-10-17-14;/h6-9,14,17H,3-5,10-11H2,1-2H3,(H,18,20);1H. The van der Waals surface area contributed by atoms with Gasteiger partial charge in [-0.25, -0.2) is 0 Å². The molecule has 1 aliphatic heterocycles. The highest BCUT2D eigenvalue weighted by Crippen LogP contribution is 2.09. The van der Waals surface area contributed by atoms with Crippen molar-refractivity contribution in [3.63, 3.8) is 0 Å². The Morgan fingerprint density at radius 1 is 1.23 bits per heavy atom. The zero-order valence-electron chi connectivity index (χ0n) is 13.1. The van der Waals surface area contributed by atoms with E-state index in [1.807, 2.05) is 12.1 Å². The van der Waals surface area contributed by atoms with E-state index in [9.17, 15) is 9.59 Å². The van der Waals surface area contributed by atoms with E-state index >= 15 is 0 Å². The molecule has 6 heteroatoms. The molecule has 1 aromatic carbocycles. The van der Waals surface area contributed by atoms with Crippen LogP contribution in [0.3, 0.4) is 0 Å². The summed E-state index contributed by atoms with van der Waals surface area (Å²) in [7, 11) is 3.46. The maximum atomic E-state index is 12.0. The number of nitrogens with zero attached hydrogens (tertiary/aromatic N) is 1. The van der Waals surface area contributed by atoms with Crippen molar-refractivity contribution in [1.29, 1.82) is 0 Å². The molecule has 2 amide bonds. The molecule has 1 heterocycles. The van der Waals surface area contributed by atoms with Gasteiger partial charge in [-0.1, -0.05) is 18.6 Å². The molecule has 0 saturated carbocycles. The monoisotopic (exact) mass is 325 g/mol. The second kappa shape index (κ2) is 8.76. The minimum atomic E-state index is -0.0617. The van der Waals surface area contributed by atoms with Crippen molar-refractivity contribution in [2.45, 2.75) is 31.8 Å². The van der Waals surface area contributed by atoms with Gasteiger partial charge >= 0.3 is 0 Å². The average molecular weight is 326 g/mol. The van der Waals surface area contributed by atoms with Crippen LogP contribution in [0.4, 0.5) is 0 Å². The molecule has 0 aromatic heterocycles. The van der Waals surface area contributed by atoms with Gasteiger partial charge in [0.1, 0.15) is 0 Å². The second-order valence-electron chi connectivity index (χ2n) is 5.62. The molecule has 22 heavy (non-hydrogen) atoms. The highest BCUT2D eigenvalue weighted by atomic mass is 35.5. The quantitative estimate of drug-likeness (QED) is 0.883. The Balaban J connectivity index is 0.00000242. The zero-order chi connectivity index (χ0) is 15.2. The van der Waals surface area contributed by atoms with Crippen LogP contribution in [0.15, 0.2) is 24.3 Å². The van der Waals surface area contributed by atoms with Crippen LogP contribution in [-0.4, -0.2) is 43.4 Å². The fourth-order valence-corrected chi connectivity index (χ4v) is 2.41. The van der Waals surface area contributed by atoms with E-state index in [0.717, 1.165) is 31.4 Å². The average Bonchev–Trinajstić information content (AvgIpc) is 2.53. The minimum Gasteiger partial charge on any atom is -0.351 e. The van der Waals surface area contributed by atoms with Crippen molar-refractivity contribution in [2.24, 2.45) is 0 Å². The first-order valence-corrected chi connectivity index (χ1v) is 7.39. The first-order chi connectivity index (χ1) is 10.1. The predicted molar refractivity (Wildman–Crippen MR) is 89.2 cm³/mol. The SMILES string of the molecule is CN(C)C(=O)c1ccc(CNC(=O)C2CCCCN2)cc1.Cl. The van der Waals surface area contributed by atoms with Gasteiger partial charge in [0.2, 0.25) is 5.91 Å². The van der Waals surface area contributed by atoms with Crippen LogP contribution >= 0.6 is 12.4 Å². The first-order valence-electron chi connectivity index (χ1n) is 7.39. The van der Waals surface area contributed by atoms with Crippen LogP contribution in [0.25, 0.3) is 0 Å². The van der Waals surface area contributed by atoms with Gasteiger partial charge in [0.05, 0.1) is 6.04 Å². The van der Waals surface area contributed by atoms with Gasteiger partial charge < -0.3 is 15.5 Å². The molecule has 0 radical (unpaired) electrons. The minimum absolute atomic E-state index is 0. The van der Waals surface area contributed by atoms with E-state index in [4.69, 9.17) is 0 Å². The zero-order valence-corrected chi connectivity index (χ0v) is 13.9. The molecular weight excluding hydrogens is 302 g/mol. The smallest absolute Gasteiger partial charge is 0.253 e. The van der Waals surface area contributed by atoms with Gasteiger partial charge in [0.15, 0.2) is 0 Å². The molecule has 2 rings (SSSR count). The van der Waals surface area contributed by atoms with Gasteiger partial charge in [0, 0.05) is 26.2 Å². The lowest BCUT2D eigenvalue weighted by Crippen LogP contribution is -2.46. The van der Waals surface area contributed by atoms with E-state index in [1.165, 1.54) is 0 Å². The van der Waals surface area contributed by atoms with Gasteiger partial charge in [-0.15, -0.1) is 12.4 Å². The molecule has 0 aliphatic carbocycles. The number of piperidine rings is 1. The van der Waals surface area contributed by atoms with Crippen molar-refractivity contribution in [1.82, 2.24) is 15.5 Å². The van der Waals surface area contributed by atoms with E-state index < -0.39 is 0 Å². The Bertz CT molecular complexity index is 497. The molecule has 0 bridgehead atoms. The number of rotatable bonds is 4. The predicted octanol–water partition coefficient (Wildman–Crippen LogP) is 1.57. The fourth-order valence-electron chi connectivity index (χ4n) is 2.41. The summed E-state index contributed by atoms with van der Waals surface area (Å²) in [4.78, 5) is 25.3. The number of hydrogen-bond donors (Lipinski definition) is 2. The number of nitrogens with one attached hydrogen (secondary N) is 2. The Hall–Kier alpha value is -1.59. The van der Waals surface area contributed by atoms with Crippen molar-refractivity contribution in [3.8, 4) is 0 Å². The maximum absolute atomic E-state index is 12.0. The van der Waals surface area contributed by atoms with Crippen LogP contribution in [0.2, 0.25) is 0 Å². The van der Waals surface area contributed by atoms with Crippen molar-refractivity contribution in [3.05, 3.63) is 35.4 Å². The molecule has 1 atom stereocenters. The Morgan fingerprint density at radius 3 is 2.45 bits per heavy atom. The lowest BCUT2D eigenvalue weighted by molar-refractivity contribution is -0.123. The van der Waals surface area contributed by atoms with Crippen LogP contribution in [-0.2, 0) is 11.3 Å². The number of carbonyl (C=O) groups excluding carboxylic acids is 2. The van der Waals surface area contributed by atoms with Gasteiger partial charge in [-0.2, -0.15) is 0 Å². The highest BCUT2D eigenvalue weighted by Gasteiger charge is 2.19. The third-order valence-corrected chi connectivity index (χ3v) is 3.70. The Morgan fingerprint density at radius 2 is 1.91 bits per heavy atom. The number of carbonyl (C=O) groups is 2. The summed E-state index contributed by atoms with van der Waals surface area (Å²) in [5, 5.41) is 6.17. The number of hydrogen-bond acceptors (Lipinski definition) is 3. The summed E-state index contributed by atoms with van der Waals surface area (Å²) >= 11 is 0. The molecular formula is C16H24ClN3O2. The van der Waals surface area contributed by atoms with Crippen LogP contribution < -0.4 is 10.6 Å². The lowest BCUT2D eigenvalue weighted by atomic mass is 10.0. The number of amides is 2. The van der Waals surface area contributed by atoms with E-state index in [1.54, 1.807) is 31.1 Å². The Labute approximate surface area is 137 Å². The molecule has 1 fully saturated rings. The summed E-state index contributed by atoms with van der Waals surface area (Å²) in [6.45, 7) is 1.41. The summed E-state index contributed by atoms with van der Waals surface area (Å²) < 4.78 is 0. The van der Waals surface area contributed by atoms with E-state index in [-0.39, 0.29) is 30.3 Å². The lowest BCUT2D eigenvalue weighted by Gasteiger charge is -2.22. The topological polar surface area (TPSA) is 61.4 Å². The highest BCUT2D eigenvalue weighted by molar-refractivity contribution is 5.93. The summed E-state index contributed by atoms with van der Waals surface area (Å²) in [5.41, 5.74) is 1.65. The van der Waals surface area contributed by atoms with Gasteiger partial charge in [-0.05, 0) is 37.1 Å². The molecule has 122 valence electrons. The summed E-state index contributed by atoms with van der Waals surface area (Å²) in [5.74, 6) is 0.0418. The molecule has 1 saturated heterocycles. The molecule has 1 aromatic rings.